The lowest BCUT2D eigenvalue weighted by atomic mass is 9.83. The van der Waals surface area contributed by atoms with E-state index in [1.54, 1.807) is 0 Å². The van der Waals surface area contributed by atoms with Crippen LogP contribution in [-0.2, 0) is 20.0 Å². The van der Waals surface area contributed by atoms with Gasteiger partial charge in [0.25, 0.3) is 11.1 Å². The number of hydrogen-bond donors (Lipinski definition) is 10. The molecule has 0 radical (unpaired) electrons. The van der Waals surface area contributed by atoms with Crippen LogP contribution in [0.5, 0.6) is 5.75 Å². The van der Waals surface area contributed by atoms with E-state index in [0.717, 1.165) is 30.0 Å². The fraction of sp³-hybridized carbons (Fsp3) is 0.591. The number of H-pyrrole nitrogens is 2. The Morgan fingerprint density at radius 1 is 1.05 bits per heavy atom. The van der Waals surface area contributed by atoms with Crippen LogP contribution in [0.3, 0.4) is 0 Å². The first kappa shape index (κ1) is 32.8. The van der Waals surface area contributed by atoms with Gasteiger partial charge in [0.05, 0.1) is 26.5 Å². The molecule has 1 unspecified atom stereocenters. The number of carboxylic acid groups (broad SMARTS) is 1. The number of aliphatic carboxylic acids is 1. The van der Waals surface area contributed by atoms with Gasteiger partial charge in [-0.3, -0.25) is 33.5 Å². The molecular weight excluding hydrogens is 574 g/mol. The Balaban J connectivity index is 0.000000235. The van der Waals surface area contributed by atoms with Crippen LogP contribution in [0.2, 0.25) is 0 Å². The molecule has 2 aromatic heterocycles. The first-order valence-electron chi connectivity index (χ1n) is 12.1. The molecule has 11 N–H and O–H groups in total. The number of methoxy groups -OCH3 is 1. The summed E-state index contributed by atoms with van der Waals surface area (Å²) >= 11 is 0. The number of hydrogen-bond acceptors (Lipinski definition) is 15. The van der Waals surface area contributed by atoms with Gasteiger partial charge in [0.2, 0.25) is 11.5 Å². The minimum atomic E-state index is -2.45. The topological polar surface area (TPSA) is 322 Å². The molecule has 2 aliphatic rings. The van der Waals surface area contributed by atoms with Crippen molar-refractivity contribution >= 4 is 5.97 Å². The number of ether oxygens (including phenoxy) is 3. The molecule has 9 atom stereocenters. The average Bonchev–Trinajstić information content (AvgIpc) is 3.37. The van der Waals surface area contributed by atoms with Gasteiger partial charge in [0, 0.05) is 12.3 Å². The Kier molecular flexibility index (Phi) is 9.56. The van der Waals surface area contributed by atoms with Crippen LogP contribution in [-0.4, -0.2) is 123 Å². The van der Waals surface area contributed by atoms with Gasteiger partial charge in [-0.15, -0.1) is 0 Å². The van der Waals surface area contributed by atoms with Crippen molar-refractivity contribution in [1.29, 1.82) is 0 Å². The van der Waals surface area contributed by atoms with E-state index >= 15 is 0 Å². The van der Waals surface area contributed by atoms with Crippen LogP contribution in [0.15, 0.2) is 37.6 Å². The predicted octanol–water partition coefficient (Wildman–Crippen LogP) is -6.74. The molecule has 20 heteroatoms. The number of aliphatic hydroxyl groups is 6. The zero-order chi connectivity index (χ0) is 31.7. The summed E-state index contributed by atoms with van der Waals surface area (Å²) in [5.41, 5.74) is -2.45. The van der Waals surface area contributed by atoms with E-state index in [0.29, 0.717) is 4.57 Å². The van der Waals surface area contributed by atoms with Crippen molar-refractivity contribution in [1.82, 2.24) is 19.1 Å². The van der Waals surface area contributed by atoms with Crippen LogP contribution in [0, 0.1) is 0 Å². The number of aromatic amines is 2. The van der Waals surface area contributed by atoms with Crippen LogP contribution >= 0.6 is 0 Å². The second-order valence-corrected chi connectivity index (χ2v) is 9.55. The van der Waals surface area contributed by atoms with Crippen molar-refractivity contribution in [2.24, 2.45) is 5.73 Å². The first-order valence-corrected chi connectivity index (χ1v) is 12.1. The van der Waals surface area contributed by atoms with Gasteiger partial charge in [-0.05, 0) is 6.92 Å². The molecule has 2 saturated heterocycles. The molecule has 2 fully saturated rings. The fourth-order valence-electron chi connectivity index (χ4n) is 4.57. The summed E-state index contributed by atoms with van der Waals surface area (Å²) in [5, 5.41) is 67.3. The monoisotopic (exact) mass is 605 g/mol. The van der Waals surface area contributed by atoms with E-state index < -0.39 is 95.8 Å². The molecule has 0 bridgehead atoms. The Morgan fingerprint density at radius 3 is 2.14 bits per heavy atom. The molecule has 42 heavy (non-hydrogen) atoms. The third-order valence-electron chi connectivity index (χ3n) is 6.93. The third-order valence-corrected chi connectivity index (χ3v) is 6.93. The highest BCUT2D eigenvalue weighted by Gasteiger charge is 2.67. The van der Waals surface area contributed by atoms with Gasteiger partial charge in [-0.25, -0.2) is 9.59 Å². The van der Waals surface area contributed by atoms with Crippen molar-refractivity contribution in [3.8, 4) is 5.75 Å². The van der Waals surface area contributed by atoms with Crippen LogP contribution < -0.4 is 33.0 Å². The van der Waals surface area contributed by atoms with Gasteiger partial charge in [-0.2, -0.15) is 0 Å². The van der Waals surface area contributed by atoms with Crippen molar-refractivity contribution < 1.29 is 54.8 Å². The number of nitrogens with two attached hydrogens (primary N) is 1. The van der Waals surface area contributed by atoms with Crippen LogP contribution in [0.1, 0.15) is 13.2 Å². The number of carboxylic acids is 1. The van der Waals surface area contributed by atoms with E-state index in [4.69, 9.17) is 25.1 Å². The molecule has 0 amide bonds. The summed E-state index contributed by atoms with van der Waals surface area (Å²) in [6.45, 7) is -0.291. The van der Waals surface area contributed by atoms with E-state index in [9.17, 15) is 54.6 Å². The molecule has 234 valence electrons. The summed E-state index contributed by atoms with van der Waals surface area (Å²) in [4.78, 5) is 61.7. The smallest absolute Gasteiger partial charge is 0.330 e. The third kappa shape index (κ3) is 5.42. The first-order chi connectivity index (χ1) is 19.6. The molecule has 0 aliphatic carbocycles. The maximum Gasteiger partial charge on any atom is 0.330 e. The number of aromatic nitrogens is 4. The van der Waals surface area contributed by atoms with Gasteiger partial charge in [0.15, 0.2) is 11.8 Å². The van der Waals surface area contributed by atoms with E-state index in [1.165, 1.54) is 7.11 Å². The van der Waals surface area contributed by atoms with Crippen LogP contribution in [0.25, 0.3) is 0 Å². The maximum absolute atomic E-state index is 12.1. The quantitative estimate of drug-likeness (QED) is 0.140. The number of nitrogens with zero attached hydrogens (tertiary/aromatic N) is 2. The molecule has 20 nitrogen and oxygen atoms in total. The maximum atomic E-state index is 12.1. The highest BCUT2D eigenvalue weighted by molar-refractivity contribution is 5.79. The van der Waals surface area contributed by atoms with Gasteiger partial charge >= 0.3 is 17.3 Å². The molecular formula is C22H31N5O15. The molecule has 4 heterocycles. The minimum absolute atomic E-state index is 0.141. The summed E-state index contributed by atoms with van der Waals surface area (Å²) in [6.07, 6.45) is -8.06. The highest BCUT2D eigenvalue weighted by atomic mass is 16.6. The number of aliphatic hydroxyl groups excluding tert-OH is 6. The van der Waals surface area contributed by atoms with Gasteiger partial charge < -0.3 is 55.7 Å². The lowest BCUT2D eigenvalue weighted by molar-refractivity contribution is -0.203. The molecule has 2 aromatic rings. The second-order valence-electron chi connectivity index (χ2n) is 9.55. The number of carbonyl (C=O) groups is 1. The molecule has 0 aromatic carbocycles. The summed E-state index contributed by atoms with van der Waals surface area (Å²) in [6, 6.07) is 0.899. The Hall–Kier alpha value is -3.73. The number of rotatable bonds is 7. The zero-order valence-electron chi connectivity index (χ0n) is 22.1. The summed E-state index contributed by atoms with van der Waals surface area (Å²) in [7, 11) is 1.25. The molecule has 4 rings (SSSR count). The summed E-state index contributed by atoms with van der Waals surface area (Å²) in [5.74, 6) is -1.78. The van der Waals surface area contributed by atoms with Crippen molar-refractivity contribution in [3.63, 3.8) is 0 Å². The van der Waals surface area contributed by atoms with Gasteiger partial charge in [-0.1, -0.05) is 0 Å². The highest BCUT2D eigenvalue weighted by Crippen LogP contribution is 2.42. The van der Waals surface area contributed by atoms with Crippen molar-refractivity contribution in [3.05, 3.63) is 60.1 Å². The Bertz CT molecular complexity index is 1510. The summed E-state index contributed by atoms with van der Waals surface area (Å²) < 4.78 is 16.8. The fourth-order valence-corrected chi connectivity index (χ4v) is 4.57. The van der Waals surface area contributed by atoms with Crippen LogP contribution in [0.4, 0.5) is 0 Å². The molecule has 2 aliphatic heterocycles. The van der Waals surface area contributed by atoms with E-state index in [-0.39, 0.29) is 5.75 Å². The predicted molar refractivity (Wildman–Crippen MR) is 134 cm³/mol. The van der Waals surface area contributed by atoms with E-state index in [2.05, 4.69) is 0 Å². The Morgan fingerprint density at radius 2 is 1.67 bits per heavy atom. The largest absolute Gasteiger partial charge is 0.490 e. The standard InChI is InChI=1S/C12H17N3O8.C10H14N2O7/c1-11(13,9(20)21)12(8(19)7(18)5(4-16)23-12)15-3-2-6(17)14-10(15)22;1-18-4-2-12(10(17)11-8(4)16)9-7(15)6(14)5(3-13)19-9/h2-3,5,7-8,16,18-19H,4,13H2,1H3,(H,20,21)(H,14,17,22);2,5-7,9,13-15H,3H2,1H3,(H,11,16,17)/t5-,7-,8-,11?,12+;5-,6-,7-,9-/m11/s1. The normalized spacial score (nSPS) is 32.1. The SMILES string of the molecule is CC(N)(C(=O)O)[C@@]1(n2ccc(=O)[nH]c2=O)O[C@H](CO)[C@@H](O)[C@H]1O.COc1cn([C@@H]2O[C@H](CO)[C@@H](O)[C@H]2O)c(=O)[nH]c1=O. The minimum Gasteiger partial charge on any atom is -0.490 e. The Labute approximate surface area is 233 Å². The zero-order valence-corrected chi connectivity index (χ0v) is 22.1. The van der Waals surface area contributed by atoms with E-state index in [1.807, 2.05) is 9.97 Å². The molecule has 0 saturated carbocycles. The van der Waals surface area contributed by atoms with Crippen molar-refractivity contribution in [2.45, 2.75) is 61.0 Å². The lowest BCUT2D eigenvalue weighted by Crippen LogP contribution is -2.71. The van der Waals surface area contributed by atoms with Gasteiger partial charge in [0.1, 0.15) is 36.6 Å². The van der Waals surface area contributed by atoms with Crippen molar-refractivity contribution in [2.75, 3.05) is 20.3 Å². The average molecular weight is 606 g/mol. The second kappa shape index (κ2) is 12.2. The lowest BCUT2D eigenvalue weighted by Gasteiger charge is -2.42. The number of nitrogens with one attached hydrogen (secondary N) is 2. The molecule has 0 spiro atoms.